The predicted molar refractivity (Wildman–Crippen MR) is 81.5 cm³/mol. The van der Waals surface area contributed by atoms with Crippen LogP contribution in [-0.2, 0) is 4.79 Å². The van der Waals surface area contributed by atoms with Gasteiger partial charge in [-0.25, -0.2) is 0 Å². The Bertz CT molecular complexity index is 370. The molecule has 4 heteroatoms. The summed E-state index contributed by atoms with van der Waals surface area (Å²) in [4.78, 5) is 17.4. The first-order valence-electron chi connectivity index (χ1n) is 7.07. The maximum absolute atomic E-state index is 11.2. The van der Waals surface area contributed by atoms with E-state index >= 15 is 0 Å². The molecule has 1 fully saturated rings. The lowest BCUT2D eigenvalue weighted by molar-refractivity contribution is -0.125. The maximum Gasteiger partial charge on any atom is 0.223 e. The lowest BCUT2D eigenvalue weighted by Crippen LogP contribution is -2.22. The molecule has 1 aliphatic carbocycles. The van der Waals surface area contributed by atoms with Crippen molar-refractivity contribution in [2.45, 2.75) is 58.9 Å². The van der Waals surface area contributed by atoms with Crippen LogP contribution in [0.2, 0.25) is 0 Å². The van der Waals surface area contributed by atoms with Crippen LogP contribution in [0.5, 0.6) is 0 Å². The average molecular weight is 285 g/mol. The summed E-state index contributed by atoms with van der Waals surface area (Å²) in [7, 11) is 1.74. The first-order chi connectivity index (χ1) is 8.91. The zero-order valence-electron chi connectivity index (χ0n) is 12.4. The number of halogens is 1. The van der Waals surface area contributed by atoms with Crippen LogP contribution in [0.1, 0.15) is 52.9 Å². The lowest BCUT2D eigenvalue weighted by Gasteiger charge is -2.25. The molecule has 1 rings (SSSR count). The van der Waals surface area contributed by atoms with Gasteiger partial charge in [0, 0.05) is 19.7 Å². The normalized spacial score (nSPS) is 20.3. The van der Waals surface area contributed by atoms with Crippen molar-refractivity contribution in [1.29, 1.82) is 0 Å². The fourth-order valence-corrected chi connectivity index (χ4v) is 2.78. The van der Waals surface area contributed by atoms with Crippen molar-refractivity contribution in [3.63, 3.8) is 0 Å². The second-order valence-electron chi connectivity index (χ2n) is 5.45. The van der Waals surface area contributed by atoms with Crippen LogP contribution < -0.4 is 0 Å². The van der Waals surface area contributed by atoms with Gasteiger partial charge in [0.15, 0.2) is 0 Å². The molecule has 0 unspecified atom stereocenters. The van der Waals surface area contributed by atoms with Crippen LogP contribution in [0.25, 0.3) is 0 Å². The Kier molecular flexibility index (Phi) is 6.56. The number of nitrogens with zero attached hydrogens (tertiary/aromatic N) is 2. The van der Waals surface area contributed by atoms with E-state index in [9.17, 15) is 4.79 Å². The Morgan fingerprint density at radius 1 is 1.32 bits per heavy atom. The number of allylic oxidation sites excluding steroid dienone is 2. The van der Waals surface area contributed by atoms with E-state index in [2.05, 4.69) is 11.9 Å². The van der Waals surface area contributed by atoms with Crippen LogP contribution in [0.4, 0.5) is 0 Å². The van der Waals surface area contributed by atoms with Crippen molar-refractivity contribution in [1.82, 2.24) is 4.90 Å². The van der Waals surface area contributed by atoms with Crippen LogP contribution in [0.15, 0.2) is 16.8 Å². The minimum absolute atomic E-state index is 0.00135. The van der Waals surface area contributed by atoms with Gasteiger partial charge in [0.25, 0.3) is 0 Å². The average Bonchev–Trinajstić information content (AvgIpc) is 2.38. The first kappa shape index (κ1) is 16.2. The molecule has 1 saturated carbocycles. The summed E-state index contributed by atoms with van der Waals surface area (Å²) in [6.45, 7) is 5.54. The van der Waals surface area contributed by atoms with Gasteiger partial charge in [0.1, 0.15) is 5.17 Å². The summed E-state index contributed by atoms with van der Waals surface area (Å²) in [5.41, 5.74) is 0.817. The van der Waals surface area contributed by atoms with Crippen molar-refractivity contribution < 1.29 is 4.79 Å². The minimum Gasteiger partial charge on any atom is -0.320 e. The molecule has 0 aromatic rings. The molecule has 3 nitrogen and oxygen atoms in total. The summed E-state index contributed by atoms with van der Waals surface area (Å²) in [6.07, 6.45) is 8.25. The summed E-state index contributed by atoms with van der Waals surface area (Å²) >= 11 is 6.17. The van der Waals surface area contributed by atoms with Gasteiger partial charge < -0.3 is 4.90 Å². The van der Waals surface area contributed by atoms with Gasteiger partial charge in [-0.1, -0.05) is 30.9 Å². The lowest BCUT2D eigenvalue weighted by atomic mass is 9.85. The Labute approximate surface area is 121 Å². The first-order valence-corrected chi connectivity index (χ1v) is 7.45. The maximum atomic E-state index is 11.2. The zero-order valence-corrected chi connectivity index (χ0v) is 13.2. The van der Waals surface area contributed by atoms with Crippen molar-refractivity contribution in [2.75, 3.05) is 7.05 Å². The van der Waals surface area contributed by atoms with Crippen LogP contribution >= 0.6 is 11.6 Å². The molecule has 0 N–H and O–H groups in total. The van der Waals surface area contributed by atoms with E-state index in [-0.39, 0.29) is 11.9 Å². The molecule has 19 heavy (non-hydrogen) atoms. The highest BCUT2D eigenvalue weighted by Gasteiger charge is 2.19. The minimum atomic E-state index is -0.00135. The Morgan fingerprint density at radius 3 is 2.42 bits per heavy atom. The molecule has 0 spiro atoms. The van der Waals surface area contributed by atoms with E-state index in [1.165, 1.54) is 39.0 Å². The van der Waals surface area contributed by atoms with Gasteiger partial charge in [-0.3, -0.25) is 9.79 Å². The van der Waals surface area contributed by atoms with E-state index in [0.29, 0.717) is 11.1 Å². The van der Waals surface area contributed by atoms with Crippen LogP contribution in [-0.4, -0.2) is 29.1 Å². The topological polar surface area (TPSA) is 32.7 Å². The zero-order chi connectivity index (χ0) is 14.4. The standard InChI is InChI=1S/C15H25ClN2O/c1-11(18(4)13(3)19)10-15(16)17-12(2)14-8-6-5-7-9-14/h10,12,14H,5-9H2,1-4H3/b11-10+,17-15+/t12-/m0/s1. The number of hydrogen-bond donors (Lipinski definition) is 0. The molecule has 0 aliphatic heterocycles. The SMILES string of the molecule is CC(=O)N(C)/C(C)=C/C(Cl)=N\[C@@H](C)C1CCCCC1. The third-order valence-electron chi connectivity index (χ3n) is 3.99. The summed E-state index contributed by atoms with van der Waals surface area (Å²) in [5, 5.41) is 0.490. The molecule has 1 atom stereocenters. The van der Waals surface area contributed by atoms with Crippen LogP contribution in [0, 0.1) is 5.92 Å². The summed E-state index contributed by atoms with van der Waals surface area (Å²) in [5.74, 6) is 0.653. The number of aliphatic imine (C=N–C) groups is 1. The molecule has 0 heterocycles. The van der Waals surface area contributed by atoms with Gasteiger partial charge in [-0.15, -0.1) is 0 Å². The molecule has 1 aliphatic rings. The van der Waals surface area contributed by atoms with Gasteiger partial charge in [-0.2, -0.15) is 0 Å². The molecule has 0 bridgehead atoms. The van der Waals surface area contributed by atoms with Gasteiger partial charge in [-0.05, 0) is 38.7 Å². The molecule has 0 aromatic heterocycles. The molecular weight excluding hydrogens is 260 g/mol. The fraction of sp³-hybridized carbons (Fsp3) is 0.733. The van der Waals surface area contributed by atoms with E-state index in [1.54, 1.807) is 18.0 Å². The Morgan fingerprint density at radius 2 is 1.89 bits per heavy atom. The second-order valence-corrected chi connectivity index (χ2v) is 5.84. The van der Waals surface area contributed by atoms with Crippen molar-refractivity contribution >= 4 is 22.7 Å². The molecule has 0 radical (unpaired) electrons. The highest BCUT2D eigenvalue weighted by atomic mass is 35.5. The van der Waals surface area contributed by atoms with E-state index in [4.69, 9.17) is 11.6 Å². The molecule has 0 aromatic carbocycles. The third-order valence-corrected chi connectivity index (χ3v) is 4.20. The molecule has 1 amide bonds. The molecule has 108 valence electrons. The molecular formula is C15H25ClN2O. The summed E-state index contributed by atoms with van der Waals surface area (Å²) < 4.78 is 0. The highest BCUT2D eigenvalue weighted by Crippen LogP contribution is 2.28. The number of carbonyl (C=O) groups is 1. The highest BCUT2D eigenvalue weighted by molar-refractivity contribution is 6.68. The fourth-order valence-electron chi connectivity index (χ4n) is 2.47. The van der Waals surface area contributed by atoms with Crippen molar-refractivity contribution in [3.8, 4) is 0 Å². The monoisotopic (exact) mass is 284 g/mol. The number of rotatable bonds is 4. The molecule has 0 saturated heterocycles. The largest absolute Gasteiger partial charge is 0.320 e. The Balaban J connectivity index is 2.64. The van der Waals surface area contributed by atoms with Crippen molar-refractivity contribution in [2.24, 2.45) is 10.9 Å². The van der Waals surface area contributed by atoms with E-state index < -0.39 is 0 Å². The van der Waals surface area contributed by atoms with Crippen LogP contribution in [0.3, 0.4) is 0 Å². The second kappa shape index (κ2) is 7.68. The third kappa shape index (κ3) is 5.35. The Hall–Kier alpha value is -0.830. The number of amides is 1. The quantitative estimate of drug-likeness (QED) is 0.719. The van der Waals surface area contributed by atoms with E-state index in [0.717, 1.165) is 5.70 Å². The van der Waals surface area contributed by atoms with Gasteiger partial charge >= 0.3 is 0 Å². The van der Waals surface area contributed by atoms with Gasteiger partial charge in [0.05, 0.1) is 6.04 Å². The van der Waals surface area contributed by atoms with E-state index in [1.807, 2.05) is 6.92 Å². The predicted octanol–water partition coefficient (Wildman–Crippen LogP) is 3.97. The number of hydrogen-bond acceptors (Lipinski definition) is 2. The number of carbonyl (C=O) groups excluding carboxylic acids is 1. The smallest absolute Gasteiger partial charge is 0.223 e. The van der Waals surface area contributed by atoms with Gasteiger partial charge in [0.2, 0.25) is 5.91 Å². The van der Waals surface area contributed by atoms with Crippen molar-refractivity contribution in [3.05, 3.63) is 11.8 Å². The summed E-state index contributed by atoms with van der Waals surface area (Å²) in [6, 6.07) is 0.263.